The maximum absolute atomic E-state index is 11.6. The van der Waals surface area contributed by atoms with Gasteiger partial charge in [-0.25, -0.2) is 13.1 Å². The van der Waals surface area contributed by atoms with Crippen molar-refractivity contribution in [3.05, 3.63) is 0 Å². The fourth-order valence-corrected chi connectivity index (χ4v) is 1.83. The maximum atomic E-state index is 11.6. The Kier molecular flexibility index (Phi) is 6.99. The van der Waals surface area contributed by atoms with Gasteiger partial charge in [-0.1, -0.05) is 15.9 Å². The number of alkyl halides is 1. The van der Waals surface area contributed by atoms with E-state index in [1.54, 1.807) is 20.8 Å². The van der Waals surface area contributed by atoms with Crippen LogP contribution in [0.25, 0.3) is 0 Å². The van der Waals surface area contributed by atoms with Gasteiger partial charge in [-0.3, -0.25) is 0 Å². The lowest BCUT2D eigenvalue weighted by atomic mass is 10.3. The van der Waals surface area contributed by atoms with Crippen molar-refractivity contribution in [2.45, 2.75) is 31.9 Å². The van der Waals surface area contributed by atoms with Gasteiger partial charge in [-0.15, -0.1) is 0 Å². The van der Waals surface area contributed by atoms with Crippen LogP contribution in [0.15, 0.2) is 0 Å². The SMILES string of the molecule is CC(C)(C)S(=O)(=O)NCCCOCCBr. The predicted octanol–water partition coefficient (Wildman–Crippen LogP) is 1.51. The minimum atomic E-state index is -3.21. The Bertz CT molecular complexity index is 259. The minimum absolute atomic E-state index is 0.432. The Morgan fingerprint density at radius 1 is 1.27 bits per heavy atom. The Hall–Kier alpha value is 0.350. The maximum Gasteiger partial charge on any atom is 0.216 e. The molecule has 4 nitrogen and oxygen atoms in total. The van der Waals surface area contributed by atoms with Crippen molar-refractivity contribution in [2.24, 2.45) is 0 Å². The molecule has 0 aromatic carbocycles. The Balaban J connectivity index is 3.69. The number of sulfonamides is 1. The molecule has 0 bridgehead atoms. The van der Waals surface area contributed by atoms with Crippen molar-refractivity contribution in [3.8, 4) is 0 Å². The first-order valence-electron chi connectivity index (χ1n) is 4.94. The molecule has 0 aromatic rings. The van der Waals surface area contributed by atoms with Crippen LogP contribution in [-0.4, -0.2) is 38.3 Å². The zero-order valence-electron chi connectivity index (χ0n) is 9.55. The summed E-state index contributed by atoms with van der Waals surface area (Å²) in [5, 5.41) is 0.806. The zero-order valence-corrected chi connectivity index (χ0v) is 11.9. The van der Waals surface area contributed by atoms with E-state index >= 15 is 0 Å². The lowest BCUT2D eigenvalue weighted by Gasteiger charge is -2.19. The molecule has 0 radical (unpaired) electrons. The Morgan fingerprint density at radius 3 is 2.33 bits per heavy atom. The number of ether oxygens (including phenoxy) is 1. The molecule has 1 N–H and O–H groups in total. The second kappa shape index (κ2) is 6.83. The van der Waals surface area contributed by atoms with Crippen LogP contribution in [0.2, 0.25) is 0 Å². The van der Waals surface area contributed by atoms with Crippen LogP contribution in [0.5, 0.6) is 0 Å². The van der Waals surface area contributed by atoms with Crippen LogP contribution >= 0.6 is 15.9 Å². The molecule has 0 aliphatic rings. The molecule has 0 aromatic heterocycles. The van der Waals surface area contributed by atoms with Crippen molar-refractivity contribution in [1.29, 1.82) is 0 Å². The summed E-state index contributed by atoms with van der Waals surface area (Å²) in [6, 6.07) is 0. The molecule has 15 heavy (non-hydrogen) atoms. The zero-order chi connectivity index (χ0) is 11.9. The highest BCUT2D eigenvalue weighted by Crippen LogP contribution is 2.12. The van der Waals surface area contributed by atoms with Crippen molar-refractivity contribution < 1.29 is 13.2 Å². The smallest absolute Gasteiger partial charge is 0.216 e. The first-order chi connectivity index (χ1) is 6.81. The largest absolute Gasteiger partial charge is 0.381 e. The predicted molar refractivity (Wildman–Crippen MR) is 65.9 cm³/mol. The number of rotatable bonds is 7. The third kappa shape index (κ3) is 6.50. The van der Waals surface area contributed by atoms with Crippen molar-refractivity contribution in [2.75, 3.05) is 25.1 Å². The molecule has 0 rings (SSSR count). The van der Waals surface area contributed by atoms with Crippen LogP contribution in [0.4, 0.5) is 0 Å². The van der Waals surface area contributed by atoms with Gasteiger partial charge >= 0.3 is 0 Å². The quantitative estimate of drug-likeness (QED) is 0.573. The normalized spacial score (nSPS) is 13.1. The highest BCUT2D eigenvalue weighted by Gasteiger charge is 2.27. The van der Waals surface area contributed by atoms with E-state index < -0.39 is 14.8 Å². The molecule has 0 atom stereocenters. The van der Waals surface area contributed by atoms with Gasteiger partial charge in [0.15, 0.2) is 0 Å². The average Bonchev–Trinajstić information content (AvgIpc) is 2.09. The summed E-state index contributed by atoms with van der Waals surface area (Å²) >= 11 is 3.24. The summed E-state index contributed by atoms with van der Waals surface area (Å²) in [6.07, 6.45) is 0.697. The van der Waals surface area contributed by atoms with E-state index in [-0.39, 0.29) is 0 Å². The van der Waals surface area contributed by atoms with Gasteiger partial charge in [-0.2, -0.15) is 0 Å². The number of hydrogen-bond donors (Lipinski definition) is 1. The fourth-order valence-electron chi connectivity index (χ4n) is 0.754. The molecular formula is C9H20BrNO3S. The van der Waals surface area contributed by atoms with Crippen LogP contribution in [-0.2, 0) is 14.8 Å². The highest BCUT2D eigenvalue weighted by molar-refractivity contribution is 9.09. The summed E-state index contributed by atoms with van der Waals surface area (Å²) in [4.78, 5) is 0. The summed E-state index contributed by atoms with van der Waals surface area (Å²) in [6.45, 7) is 6.70. The second-order valence-corrected chi connectivity index (χ2v) is 7.48. The Morgan fingerprint density at radius 2 is 1.87 bits per heavy atom. The van der Waals surface area contributed by atoms with Gasteiger partial charge in [0.05, 0.1) is 11.4 Å². The highest BCUT2D eigenvalue weighted by atomic mass is 79.9. The molecule has 0 aliphatic heterocycles. The fraction of sp³-hybridized carbons (Fsp3) is 1.00. The summed E-state index contributed by atoms with van der Waals surface area (Å²) in [5.74, 6) is 0. The lowest BCUT2D eigenvalue weighted by molar-refractivity contribution is 0.149. The van der Waals surface area contributed by atoms with Crippen molar-refractivity contribution in [3.63, 3.8) is 0 Å². The lowest BCUT2D eigenvalue weighted by Crippen LogP contribution is -2.39. The molecule has 6 heteroatoms. The minimum Gasteiger partial charge on any atom is -0.381 e. The molecular weight excluding hydrogens is 282 g/mol. The molecule has 0 fully saturated rings. The van der Waals surface area contributed by atoms with E-state index in [0.717, 1.165) is 5.33 Å². The summed E-state index contributed by atoms with van der Waals surface area (Å²) in [5.41, 5.74) is 0. The molecule has 0 heterocycles. The second-order valence-electron chi connectivity index (χ2n) is 4.17. The first kappa shape index (κ1) is 15.3. The van der Waals surface area contributed by atoms with Gasteiger partial charge in [0, 0.05) is 18.5 Å². The van der Waals surface area contributed by atoms with Crippen molar-refractivity contribution >= 4 is 26.0 Å². The number of nitrogens with one attached hydrogen (secondary N) is 1. The van der Waals surface area contributed by atoms with Crippen LogP contribution in [0.3, 0.4) is 0 Å². The molecule has 0 unspecified atom stereocenters. The van der Waals surface area contributed by atoms with Crippen LogP contribution in [0, 0.1) is 0 Å². The van der Waals surface area contributed by atoms with Gasteiger partial charge in [-0.05, 0) is 27.2 Å². The van der Waals surface area contributed by atoms with Gasteiger partial charge < -0.3 is 4.74 Å². The van der Waals surface area contributed by atoms with Crippen LogP contribution < -0.4 is 4.72 Å². The monoisotopic (exact) mass is 301 g/mol. The third-order valence-corrected chi connectivity index (χ3v) is 4.31. The Labute approximate surface area is 101 Å². The number of halogens is 1. The summed E-state index contributed by atoms with van der Waals surface area (Å²) < 4.78 is 30.2. The van der Waals surface area contributed by atoms with E-state index in [9.17, 15) is 8.42 Å². The first-order valence-corrected chi connectivity index (χ1v) is 7.54. The van der Waals surface area contributed by atoms with E-state index in [2.05, 4.69) is 20.7 Å². The molecule has 0 saturated carbocycles. The number of hydrogen-bond acceptors (Lipinski definition) is 3. The molecule has 0 aliphatic carbocycles. The van der Waals surface area contributed by atoms with E-state index in [0.29, 0.717) is 26.2 Å². The molecule has 0 saturated heterocycles. The molecule has 0 amide bonds. The van der Waals surface area contributed by atoms with E-state index in [4.69, 9.17) is 4.74 Å². The van der Waals surface area contributed by atoms with E-state index in [1.165, 1.54) is 0 Å². The van der Waals surface area contributed by atoms with Crippen LogP contribution in [0.1, 0.15) is 27.2 Å². The van der Waals surface area contributed by atoms with Gasteiger partial charge in [0.1, 0.15) is 0 Å². The molecule has 92 valence electrons. The van der Waals surface area contributed by atoms with Gasteiger partial charge in [0.2, 0.25) is 10.0 Å². The average molecular weight is 302 g/mol. The van der Waals surface area contributed by atoms with E-state index in [1.807, 2.05) is 0 Å². The summed E-state index contributed by atoms with van der Waals surface area (Å²) in [7, 11) is -3.21. The van der Waals surface area contributed by atoms with Gasteiger partial charge in [0.25, 0.3) is 0 Å². The van der Waals surface area contributed by atoms with Crippen molar-refractivity contribution in [1.82, 2.24) is 4.72 Å². The standard InChI is InChI=1S/C9H20BrNO3S/c1-9(2,3)15(12,13)11-6-4-7-14-8-5-10/h11H,4-8H2,1-3H3. The molecule has 0 spiro atoms. The third-order valence-electron chi connectivity index (χ3n) is 1.79. The topological polar surface area (TPSA) is 55.4 Å².